The van der Waals surface area contributed by atoms with E-state index in [1.54, 1.807) is 18.2 Å². The molecule has 0 amide bonds. The zero-order valence-corrected chi connectivity index (χ0v) is 10.2. The summed E-state index contributed by atoms with van der Waals surface area (Å²) in [4.78, 5) is 8.02. The first-order chi connectivity index (χ1) is 8.16. The van der Waals surface area contributed by atoms with Crippen LogP contribution in [0.15, 0.2) is 30.6 Å². The Morgan fingerprint density at radius 3 is 2.59 bits per heavy atom. The molecule has 0 saturated carbocycles. The van der Waals surface area contributed by atoms with E-state index in [9.17, 15) is 0 Å². The smallest absolute Gasteiger partial charge is 0.166 e. The largest absolute Gasteiger partial charge is 0.484 e. The predicted octanol–water partition coefficient (Wildman–Crippen LogP) is 2.94. The second-order valence-corrected chi connectivity index (χ2v) is 4.06. The first kappa shape index (κ1) is 12.0. The third-order valence-electron chi connectivity index (χ3n) is 2.00. The second-order valence-electron chi connectivity index (χ2n) is 3.27. The maximum absolute atomic E-state index is 5.97. The number of nitrogens with zero attached hydrogens (tertiary/aromatic N) is 2. The first-order valence-electron chi connectivity index (χ1n) is 4.80. The Bertz CT molecular complexity index is 517. The van der Waals surface area contributed by atoms with Gasteiger partial charge in [0.05, 0.1) is 23.1 Å². The molecule has 0 fully saturated rings. The van der Waals surface area contributed by atoms with Crippen molar-refractivity contribution in [2.45, 2.75) is 6.61 Å². The fraction of sp³-hybridized carbons (Fsp3) is 0.0909. The minimum absolute atomic E-state index is 0.209. The van der Waals surface area contributed by atoms with Crippen LogP contribution in [-0.2, 0) is 6.61 Å². The van der Waals surface area contributed by atoms with E-state index in [1.807, 2.05) is 0 Å². The molecule has 1 heterocycles. The van der Waals surface area contributed by atoms with Crippen LogP contribution in [0.3, 0.4) is 0 Å². The van der Waals surface area contributed by atoms with Crippen molar-refractivity contribution in [2.75, 3.05) is 5.73 Å². The Morgan fingerprint density at radius 2 is 1.88 bits per heavy atom. The molecule has 0 aliphatic carbocycles. The van der Waals surface area contributed by atoms with Gasteiger partial charge >= 0.3 is 0 Å². The van der Waals surface area contributed by atoms with Crippen molar-refractivity contribution in [3.05, 3.63) is 46.5 Å². The Balaban J connectivity index is 2.07. The highest BCUT2D eigenvalue weighted by Crippen LogP contribution is 2.31. The minimum atomic E-state index is 0.209. The van der Waals surface area contributed by atoms with Crippen molar-refractivity contribution in [2.24, 2.45) is 0 Å². The van der Waals surface area contributed by atoms with Crippen molar-refractivity contribution in [3.63, 3.8) is 0 Å². The number of ether oxygens (including phenoxy) is 1. The van der Waals surface area contributed by atoms with Gasteiger partial charge < -0.3 is 10.5 Å². The van der Waals surface area contributed by atoms with Crippen LogP contribution in [-0.4, -0.2) is 9.97 Å². The van der Waals surface area contributed by atoms with E-state index in [2.05, 4.69) is 9.97 Å². The summed E-state index contributed by atoms with van der Waals surface area (Å²) in [5.41, 5.74) is 5.98. The topological polar surface area (TPSA) is 61.0 Å². The van der Waals surface area contributed by atoms with Crippen LogP contribution in [0, 0.1) is 0 Å². The summed E-state index contributed by atoms with van der Waals surface area (Å²) >= 11 is 11.8. The van der Waals surface area contributed by atoms with Crippen molar-refractivity contribution in [1.82, 2.24) is 9.97 Å². The fourth-order valence-electron chi connectivity index (χ4n) is 1.18. The first-order valence-corrected chi connectivity index (χ1v) is 5.55. The predicted molar refractivity (Wildman–Crippen MR) is 67.2 cm³/mol. The molecule has 0 aliphatic heterocycles. The molecule has 0 bridgehead atoms. The molecule has 1 aromatic heterocycles. The molecule has 17 heavy (non-hydrogen) atoms. The van der Waals surface area contributed by atoms with Crippen LogP contribution >= 0.6 is 23.2 Å². The van der Waals surface area contributed by atoms with Crippen LogP contribution < -0.4 is 10.5 Å². The highest BCUT2D eigenvalue weighted by molar-refractivity contribution is 6.42. The Labute approximate surface area is 108 Å². The molecule has 0 spiro atoms. The van der Waals surface area contributed by atoms with Crippen LogP contribution in [0.1, 0.15) is 5.82 Å². The highest BCUT2D eigenvalue weighted by atomic mass is 35.5. The molecule has 2 N–H and O–H groups in total. The summed E-state index contributed by atoms with van der Waals surface area (Å²) in [6, 6.07) is 5.18. The number of nitrogen functional groups attached to an aromatic ring is 1. The van der Waals surface area contributed by atoms with Gasteiger partial charge in [-0.3, -0.25) is 0 Å². The van der Waals surface area contributed by atoms with E-state index in [4.69, 9.17) is 33.7 Å². The van der Waals surface area contributed by atoms with Gasteiger partial charge in [-0.05, 0) is 12.1 Å². The molecule has 0 saturated heterocycles. The number of aromatic nitrogens is 2. The van der Waals surface area contributed by atoms with E-state index >= 15 is 0 Å². The van der Waals surface area contributed by atoms with Crippen LogP contribution in [0.2, 0.25) is 10.0 Å². The van der Waals surface area contributed by atoms with Gasteiger partial charge in [-0.15, -0.1) is 0 Å². The van der Waals surface area contributed by atoms with Gasteiger partial charge in [-0.2, -0.15) is 0 Å². The molecule has 4 nitrogen and oxygen atoms in total. The summed E-state index contributed by atoms with van der Waals surface area (Å²) in [7, 11) is 0. The lowest BCUT2D eigenvalue weighted by molar-refractivity contribution is 0.296. The molecule has 0 atom stereocenters. The van der Waals surface area contributed by atoms with Gasteiger partial charge in [0.15, 0.2) is 5.82 Å². The standard InChI is InChI=1S/C11H9Cl2N3O/c12-8-2-1-3-9(11(8)13)17-6-10-15-4-7(14)5-16-10/h1-5H,6,14H2. The molecular weight excluding hydrogens is 261 g/mol. The number of hydrogen-bond acceptors (Lipinski definition) is 4. The molecular formula is C11H9Cl2N3O. The maximum atomic E-state index is 5.97. The third-order valence-corrected chi connectivity index (χ3v) is 2.80. The van der Waals surface area contributed by atoms with Crippen LogP contribution in [0.25, 0.3) is 0 Å². The third kappa shape index (κ3) is 2.99. The molecule has 2 aromatic rings. The number of rotatable bonds is 3. The van der Waals surface area contributed by atoms with Gasteiger partial charge in [-0.1, -0.05) is 29.3 Å². The minimum Gasteiger partial charge on any atom is -0.484 e. The SMILES string of the molecule is Nc1cnc(COc2cccc(Cl)c2Cl)nc1. The number of nitrogens with two attached hydrogens (primary N) is 1. The summed E-state index contributed by atoms with van der Waals surface area (Å²) < 4.78 is 5.46. The van der Waals surface area contributed by atoms with Crippen molar-refractivity contribution in [1.29, 1.82) is 0 Å². The summed E-state index contributed by atoms with van der Waals surface area (Å²) in [5, 5.41) is 0.826. The number of halogens is 2. The van der Waals surface area contributed by atoms with Gasteiger partial charge in [-0.25, -0.2) is 9.97 Å². The Hall–Kier alpha value is -1.52. The summed E-state index contributed by atoms with van der Waals surface area (Å²) in [5.74, 6) is 1.02. The lowest BCUT2D eigenvalue weighted by Gasteiger charge is -2.07. The highest BCUT2D eigenvalue weighted by Gasteiger charge is 2.06. The van der Waals surface area contributed by atoms with Crippen LogP contribution in [0.4, 0.5) is 5.69 Å². The Morgan fingerprint density at radius 1 is 1.18 bits per heavy atom. The van der Waals surface area contributed by atoms with Gasteiger partial charge in [0, 0.05) is 0 Å². The molecule has 0 aliphatic rings. The van der Waals surface area contributed by atoms with E-state index in [-0.39, 0.29) is 6.61 Å². The lowest BCUT2D eigenvalue weighted by atomic mass is 10.3. The monoisotopic (exact) mass is 269 g/mol. The number of anilines is 1. The van der Waals surface area contributed by atoms with E-state index < -0.39 is 0 Å². The van der Waals surface area contributed by atoms with Crippen molar-refractivity contribution < 1.29 is 4.74 Å². The van der Waals surface area contributed by atoms with E-state index in [1.165, 1.54) is 12.4 Å². The fourth-order valence-corrected chi connectivity index (χ4v) is 1.52. The molecule has 1 aromatic carbocycles. The summed E-state index contributed by atoms with van der Waals surface area (Å²) in [6.45, 7) is 0.209. The molecule has 6 heteroatoms. The van der Waals surface area contributed by atoms with Crippen molar-refractivity contribution >= 4 is 28.9 Å². The quantitative estimate of drug-likeness (QED) is 0.931. The molecule has 0 radical (unpaired) electrons. The lowest BCUT2D eigenvalue weighted by Crippen LogP contribution is -2.02. The zero-order chi connectivity index (χ0) is 12.3. The normalized spacial score (nSPS) is 10.2. The van der Waals surface area contributed by atoms with Gasteiger partial charge in [0.1, 0.15) is 17.4 Å². The van der Waals surface area contributed by atoms with E-state index in [0.717, 1.165) is 0 Å². The number of hydrogen-bond donors (Lipinski definition) is 1. The Kier molecular flexibility index (Phi) is 3.66. The molecule has 2 rings (SSSR count). The zero-order valence-electron chi connectivity index (χ0n) is 8.73. The molecule has 88 valence electrons. The summed E-state index contributed by atoms with van der Waals surface area (Å²) in [6.07, 6.45) is 3.04. The number of benzene rings is 1. The maximum Gasteiger partial charge on any atom is 0.166 e. The van der Waals surface area contributed by atoms with Crippen LogP contribution in [0.5, 0.6) is 5.75 Å². The average Bonchev–Trinajstić information content (AvgIpc) is 2.33. The van der Waals surface area contributed by atoms with Gasteiger partial charge in [0.25, 0.3) is 0 Å². The molecule has 0 unspecified atom stereocenters. The second kappa shape index (κ2) is 5.21. The average molecular weight is 270 g/mol. The van der Waals surface area contributed by atoms with Crippen molar-refractivity contribution in [3.8, 4) is 5.75 Å². The van der Waals surface area contributed by atoms with E-state index in [0.29, 0.717) is 27.3 Å². The van der Waals surface area contributed by atoms with Gasteiger partial charge in [0.2, 0.25) is 0 Å².